The van der Waals surface area contributed by atoms with Gasteiger partial charge in [-0.2, -0.15) is 5.10 Å². The number of ether oxygens (including phenoxy) is 2. The predicted octanol–water partition coefficient (Wildman–Crippen LogP) is 3.24. The van der Waals surface area contributed by atoms with E-state index < -0.39 is 0 Å². The first-order valence-electron chi connectivity index (χ1n) is 11.3. The maximum absolute atomic E-state index is 12.3. The molecule has 0 radical (unpaired) electrons. The van der Waals surface area contributed by atoms with Crippen LogP contribution < -0.4 is 9.47 Å². The number of hydrogen-bond acceptors (Lipinski definition) is 5. The maximum atomic E-state index is 12.3. The standard InChI is InChI=1S/C24H34N4O3/c1-5-28-15-21(17(2)25-28)13-26-10-6-7-19(12-26)24-16-27(18(3)29)14-20-11-22(30-4)8-9-23(20)31-24/h8-9,11,15,19,24H,5-7,10,12-14,16H2,1-4H3. The molecule has 2 unspecified atom stereocenters. The summed E-state index contributed by atoms with van der Waals surface area (Å²) in [5.74, 6) is 2.12. The fraction of sp³-hybridized carbons (Fsp3) is 0.583. The monoisotopic (exact) mass is 426 g/mol. The number of nitrogens with zero attached hydrogens (tertiary/aromatic N) is 4. The fourth-order valence-electron chi connectivity index (χ4n) is 4.75. The van der Waals surface area contributed by atoms with Crippen LogP contribution in [0.15, 0.2) is 24.4 Å². The highest BCUT2D eigenvalue weighted by atomic mass is 16.5. The van der Waals surface area contributed by atoms with Crippen molar-refractivity contribution in [2.24, 2.45) is 5.92 Å². The summed E-state index contributed by atoms with van der Waals surface area (Å²) >= 11 is 0. The van der Waals surface area contributed by atoms with Gasteiger partial charge < -0.3 is 14.4 Å². The molecule has 2 aliphatic rings. The van der Waals surface area contributed by atoms with Crippen LogP contribution in [0.1, 0.15) is 43.5 Å². The topological polar surface area (TPSA) is 59.8 Å². The van der Waals surface area contributed by atoms with Crippen LogP contribution in [0, 0.1) is 12.8 Å². The first-order chi connectivity index (χ1) is 15.0. The highest BCUT2D eigenvalue weighted by Gasteiger charge is 2.34. The molecule has 4 rings (SSSR count). The summed E-state index contributed by atoms with van der Waals surface area (Å²) in [5, 5.41) is 4.60. The van der Waals surface area contributed by atoms with E-state index in [2.05, 4.69) is 30.0 Å². The largest absolute Gasteiger partial charge is 0.497 e. The number of fused-ring (bicyclic) bond motifs is 1. The molecule has 0 saturated carbocycles. The minimum Gasteiger partial charge on any atom is -0.497 e. The van der Waals surface area contributed by atoms with Gasteiger partial charge in [0.25, 0.3) is 0 Å². The molecule has 168 valence electrons. The number of piperidine rings is 1. The molecule has 0 spiro atoms. The molecule has 0 aliphatic carbocycles. The van der Waals surface area contributed by atoms with E-state index in [4.69, 9.17) is 9.47 Å². The SMILES string of the molecule is CCn1cc(CN2CCCC(C3CN(C(C)=O)Cc4cc(OC)ccc4O3)C2)c(C)n1. The third-order valence-corrected chi connectivity index (χ3v) is 6.59. The van der Waals surface area contributed by atoms with Gasteiger partial charge >= 0.3 is 0 Å². The zero-order chi connectivity index (χ0) is 22.0. The van der Waals surface area contributed by atoms with Crippen LogP contribution in [0.4, 0.5) is 0 Å². The lowest BCUT2D eigenvalue weighted by Gasteiger charge is -2.37. The lowest BCUT2D eigenvalue weighted by molar-refractivity contribution is -0.130. The minimum absolute atomic E-state index is 0.0131. The Kier molecular flexibility index (Phi) is 6.51. The first-order valence-corrected chi connectivity index (χ1v) is 11.3. The Bertz CT molecular complexity index is 926. The molecule has 0 N–H and O–H groups in total. The van der Waals surface area contributed by atoms with Gasteiger partial charge in [-0.1, -0.05) is 0 Å². The van der Waals surface area contributed by atoms with Crippen LogP contribution in [0.5, 0.6) is 11.5 Å². The van der Waals surface area contributed by atoms with Gasteiger partial charge in [-0.05, 0) is 51.4 Å². The molecule has 0 bridgehead atoms. The first kappa shape index (κ1) is 21.7. The van der Waals surface area contributed by atoms with E-state index in [1.54, 1.807) is 14.0 Å². The van der Waals surface area contributed by atoms with Gasteiger partial charge in [0.2, 0.25) is 5.91 Å². The number of aryl methyl sites for hydroxylation is 2. The minimum atomic E-state index is -0.0131. The van der Waals surface area contributed by atoms with Crippen LogP contribution in [0.3, 0.4) is 0 Å². The Morgan fingerprint density at radius 1 is 1.32 bits per heavy atom. The lowest BCUT2D eigenvalue weighted by atomic mass is 9.91. The molecular formula is C24H34N4O3. The summed E-state index contributed by atoms with van der Waals surface area (Å²) in [7, 11) is 1.66. The highest BCUT2D eigenvalue weighted by molar-refractivity contribution is 5.73. The molecule has 1 aromatic carbocycles. The van der Waals surface area contributed by atoms with Gasteiger partial charge in [0.15, 0.2) is 0 Å². The molecule has 2 aromatic rings. The second-order valence-electron chi connectivity index (χ2n) is 8.76. The molecule has 1 saturated heterocycles. The van der Waals surface area contributed by atoms with Gasteiger partial charge in [-0.25, -0.2) is 0 Å². The highest BCUT2D eigenvalue weighted by Crippen LogP contribution is 2.33. The predicted molar refractivity (Wildman–Crippen MR) is 119 cm³/mol. The second kappa shape index (κ2) is 9.30. The van der Waals surface area contributed by atoms with E-state index in [1.165, 1.54) is 5.56 Å². The van der Waals surface area contributed by atoms with Crippen molar-refractivity contribution >= 4 is 5.91 Å². The van der Waals surface area contributed by atoms with Crippen molar-refractivity contribution in [3.8, 4) is 11.5 Å². The van der Waals surface area contributed by atoms with Crippen LogP contribution in [-0.4, -0.2) is 58.3 Å². The number of likely N-dealkylation sites (tertiary alicyclic amines) is 1. The summed E-state index contributed by atoms with van der Waals surface area (Å²) < 4.78 is 13.9. The lowest BCUT2D eigenvalue weighted by Crippen LogP contribution is -2.46. The van der Waals surface area contributed by atoms with E-state index in [0.717, 1.165) is 61.8 Å². The number of hydrogen-bond donors (Lipinski definition) is 0. The molecular weight excluding hydrogens is 392 g/mol. The zero-order valence-electron chi connectivity index (χ0n) is 19.1. The van der Waals surface area contributed by atoms with Gasteiger partial charge in [-0.3, -0.25) is 14.4 Å². The molecule has 31 heavy (non-hydrogen) atoms. The number of benzene rings is 1. The van der Waals surface area contributed by atoms with Crippen molar-refractivity contribution in [2.45, 2.75) is 59.4 Å². The molecule has 2 aliphatic heterocycles. The summed E-state index contributed by atoms with van der Waals surface area (Å²) in [6.45, 7) is 10.9. The van der Waals surface area contributed by atoms with Gasteiger partial charge in [-0.15, -0.1) is 0 Å². The Labute approximate surface area is 184 Å². The number of carbonyl (C=O) groups is 1. The van der Waals surface area contributed by atoms with E-state index >= 15 is 0 Å². The Hall–Kier alpha value is -2.54. The smallest absolute Gasteiger partial charge is 0.219 e. The average Bonchev–Trinajstić information content (AvgIpc) is 3.01. The molecule has 1 amide bonds. The summed E-state index contributed by atoms with van der Waals surface area (Å²) in [5.41, 5.74) is 3.42. The normalized spacial score (nSPS) is 21.9. The van der Waals surface area contributed by atoms with Gasteiger partial charge in [0, 0.05) is 56.3 Å². The van der Waals surface area contributed by atoms with E-state index in [-0.39, 0.29) is 12.0 Å². The fourth-order valence-corrected chi connectivity index (χ4v) is 4.75. The summed E-state index contributed by atoms with van der Waals surface area (Å²) in [4.78, 5) is 16.8. The quantitative estimate of drug-likeness (QED) is 0.735. The average molecular weight is 427 g/mol. The Morgan fingerprint density at radius 2 is 2.16 bits per heavy atom. The Balaban J connectivity index is 1.51. The van der Waals surface area contributed by atoms with Gasteiger partial charge in [0.1, 0.15) is 17.6 Å². The molecule has 7 heteroatoms. The maximum Gasteiger partial charge on any atom is 0.219 e. The Morgan fingerprint density at radius 3 is 2.87 bits per heavy atom. The van der Waals surface area contributed by atoms with E-state index in [0.29, 0.717) is 19.0 Å². The molecule has 7 nitrogen and oxygen atoms in total. The van der Waals surface area contributed by atoms with Crippen molar-refractivity contribution in [1.29, 1.82) is 0 Å². The second-order valence-corrected chi connectivity index (χ2v) is 8.76. The summed E-state index contributed by atoms with van der Waals surface area (Å²) in [6, 6.07) is 5.89. The molecule has 2 atom stereocenters. The van der Waals surface area contributed by atoms with Gasteiger partial charge in [0.05, 0.1) is 19.3 Å². The van der Waals surface area contributed by atoms with E-state index in [9.17, 15) is 4.79 Å². The van der Waals surface area contributed by atoms with Crippen molar-refractivity contribution in [3.05, 3.63) is 41.2 Å². The number of methoxy groups -OCH3 is 1. The third kappa shape index (κ3) is 4.87. The van der Waals surface area contributed by atoms with Crippen LogP contribution >= 0.6 is 0 Å². The van der Waals surface area contributed by atoms with Crippen molar-refractivity contribution in [3.63, 3.8) is 0 Å². The van der Waals surface area contributed by atoms with E-state index in [1.807, 2.05) is 27.8 Å². The van der Waals surface area contributed by atoms with Crippen LogP contribution in [0.2, 0.25) is 0 Å². The number of amides is 1. The van der Waals surface area contributed by atoms with Crippen molar-refractivity contribution in [2.75, 3.05) is 26.7 Å². The zero-order valence-corrected chi connectivity index (χ0v) is 19.1. The summed E-state index contributed by atoms with van der Waals surface area (Å²) in [6.07, 6.45) is 4.41. The molecule has 1 fully saturated rings. The number of aromatic nitrogens is 2. The molecule has 3 heterocycles. The molecule has 1 aromatic heterocycles. The van der Waals surface area contributed by atoms with Crippen molar-refractivity contribution < 1.29 is 14.3 Å². The van der Waals surface area contributed by atoms with Crippen LogP contribution in [-0.2, 0) is 24.4 Å². The van der Waals surface area contributed by atoms with Crippen LogP contribution in [0.25, 0.3) is 0 Å². The third-order valence-electron chi connectivity index (χ3n) is 6.59. The van der Waals surface area contributed by atoms with Crippen molar-refractivity contribution in [1.82, 2.24) is 19.6 Å². The number of rotatable bonds is 5. The number of carbonyl (C=O) groups excluding carboxylic acids is 1.